The summed E-state index contributed by atoms with van der Waals surface area (Å²) in [5.74, 6) is 0.518. The van der Waals surface area contributed by atoms with Gasteiger partial charge in [-0.15, -0.1) is 0 Å². The molecule has 1 atom stereocenters. The molecule has 3 nitrogen and oxygen atoms in total. The van der Waals surface area contributed by atoms with Crippen molar-refractivity contribution in [2.45, 2.75) is 37.2 Å². The summed E-state index contributed by atoms with van der Waals surface area (Å²) in [5.41, 5.74) is 1.31. The maximum absolute atomic E-state index is 8.71. The Morgan fingerprint density at radius 1 is 1.53 bits per heavy atom. The highest BCUT2D eigenvalue weighted by molar-refractivity contribution is 8.14. The number of hydrogen-bond acceptors (Lipinski definition) is 4. The molecule has 0 aromatic heterocycles. The predicted molar refractivity (Wildman–Crippen MR) is 68.9 cm³/mol. The Kier molecular flexibility index (Phi) is 3.70. The molecule has 2 rings (SSSR count). The van der Waals surface area contributed by atoms with E-state index in [4.69, 9.17) is 10.1 Å². The molecule has 0 spiro atoms. The van der Waals surface area contributed by atoms with E-state index < -0.39 is 6.10 Å². The molecule has 0 fully saturated rings. The van der Waals surface area contributed by atoms with Crippen molar-refractivity contribution in [3.63, 3.8) is 0 Å². The normalized spacial score (nSPS) is 18.7. The largest absolute Gasteiger partial charge is 0.376 e. The lowest BCUT2D eigenvalue weighted by molar-refractivity contribution is 0.125. The average Bonchev–Trinajstić information content (AvgIpc) is 2.77. The molecule has 0 saturated heterocycles. The quantitative estimate of drug-likeness (QED) is 0.802. The van der Waals surface area contributed by atoms with Crippen molar-refractivity contribution in [3.8, 4) is 6.07 Å². The molecule has 0 aliphatic carbocycles. The fourth-order valence-electron chi connectivity index (χ4n) is 1.56. The third-order valence-corrected chi connectivity index (χ3v) is 3.51. The molecule has 17 heavy (non-hydrogen) atoms. The summed E-state index contributed by atoms with van der Waals surface area (Å²) in [6.45, 7) is 4.34. The summed E-state index contributed by atoms with van der Waals surface area (Å²) >= 11 is 1.58. The molecular weight excluding hydrogens is 232 g/mol. The van der Waals surface area contributed by atoms with Crippen molar-refractivity contribution in [1.82, 2.24) is 0 Å². The molecule has 88 valence electrons. The highest BCUT2D eigenvalue weighted by Crippen LogP contribution is 2.28. The maximum Gasteiger partial charge on any atom is 0.218 e. The van der Waals surface area contributed by atoms with Gasteiger partial charge in [0.1, 0.15) is 11.1 Å². The number of nitrogens with zero attached hydrogens (tertiary/aromatic N) is 2. The van der Waals surface area contributed by atoms with Crippen LogP contribution in [0.2, 0.25) is 0 Å². The van der Waals surface area contributed by atoms with Gasteiger partial charge in [0.25, 0.3) is 0 Å². The summed E-state index contributed by atoms with van der Waals surface area (Å²) in [4.78, 5) is 6.12. The number of benzene rings is 1. The van der Waals surface area contributed by atoms with Crippen LogP contribution in [0.25, 0.3) is 0 Å². The maximum atomic E-state index is 8.71. The molecule has 0 saturated carbocycles. The SMILES string of the molecule is CC(C)c1cccc(SC2=NOC(C#N)C2)c1. The number of nitriles is 1. The number of hydrogen-bond donors (Lipinski definition) is 0. The van der Waals surface area contributed by atoms with E-state index in [2.05, 4.69) is 49.3 Å². The van der Waals surface area contributed by atoms with Gasteiger partial charge in [0.2, 0.25) is 6.10 Å². The monoisotopic (exact) mass is 246 g/mol. The second-order valence-corrected chi connectivity index (χ2v) is 5.39. The minimum absolute atomic E-state index is 0.411. The Hall–Kier alpha value is -1.47. The molecule has 0 amide bonds. The van der Waals surface area contributed by atoms with Gasteiger partial charge in [-0.25, -0.2) is 0 Å². The van der Waals surface area contributed by atoms with E-state index >= 15 is 0 Å². The van der Waals surface area contributed by atoms with Crippen LogP contribution >= 0.6 is 11.8 Å². The Morgan fingerprint density at radius 3 is 3.00 bits per heavy atom. The van der Waals surface area contributed by atoms with E-state index in [1.165, 1.54) is 5.56 Å². The lowest BCUT2D eigenvalue weighted by Crippen LogP contribution is -2.01. The third kappa shape index (κ3) is 3.01. The molecule has 1 aliphatic rings. The molecule has 1 aromatic carbocycles. The zero-order valence-corrected chi connectivity index (χ0v) is 10.7. The molecular formula is C13H14N2OS. The minimum atomic E-state index is -0.411. The third-order valence-electron chi connectivity index (χ3n) is 2.55. The van der Waals surface area contributed by atoms with Crippen LogP contribution < -0.4 is 0 Å². The Morgan fingerprint density at radius 2 is 2.35 bits per heavy atom. The summed E-state index contributed by atoms with van der Waals surface area (Å²) in [7, 11) is 0. The first kappa shape index (κ1) is 12.0. The number of oxime groups is 1. The van der Waals surface area contributed by atoms with Gasteiger partial charge in [0, 0.05) is 4.90 Å². The predicted octanol–water partition coefficient (Wildman–Crippen LogP) is 3.53. The first-order chi connectivity index (χ1) is 8.19. The first-order valence-electron chi connectivity index (χ1n) is 5.59. The molecule has 1 aliphatic heterocycles. The standard InChI is InChI=1S/C13H14N2OS/c1-9(2)10-4-3-5-12(6-10)17-13-7-11(8-14)16-15-13/h3-6,9,11H,7H2,1-2H3. The average molecular weight is 246 g/mol. The smallest absolute Gasteiger partial charge is 0.218 e. The first-order valence-corrected chi connectivity index (χ1v) is 6.41. The van der Waals surface area contributed by atoms with Gasteiger partial charge < -0.3 is 4.84 Å². The summed E-state index contributed by atoms with van der Waals surface area (Å²) in [6, 6.07) is 10.5. The van der Waals surface area contributed by atoms with Crippen molar-refractivity contribution >= 4 is 16.8 Å². The van der Waals surface area contributed by atoms with Gasteiger partial charge in [0.05, 0.1) is 6.42 Å². The number of rotatable bonds is 2. The molecule has 1 aromatic rings. The molecule has 1 unspecified atom stereocenters. The van der Waals surface area contributed by atoms with E-state index in [0.29, 0.717) is 12.3 Å². The zero-order chi connectivity index (χ0) is 12.3. The Balaban J connectivity index is 2.05. The highest BCUT2D eigenvalue weighted by Gasteiger charge is 2.21. The van der Waals surface area contributed by atoms with Crippen LogP contribution in [0.1, 0.15) is 31.7 Å². The van der Waals surface area contributed by atoms with Crippen molar-refractivity contribution in [1.29, 1.82) is 5.26 Å². The lowest BCUT2D eigenvalue weighted by atomic mass is 10.0. The van der Waals surface area contributed by atoms with Crippen LogP contribution in [0.5, 0.6) is 0 Å². The van der Waals surface area contributed by atoms with E-state index in [9.17, 15) is 0 Å². The van der Waals surface area contributed by atoms with E-state index in [1.807, 2.05) is 0 Å². The van der Waals surface area contributed by atoms with Crippen LogP contribution in [0.15, 0.2) is 34.3 Å². The van der Waals surface area contributed by atoms with Gasteiger partial charge in [-0.1, -0.05) is 42.9 Å². The Bertz CT molecular complexity index is 477. The second-order valence-electron chi connectivity index (χ2n) is 4.24. The van der Waals surface area contributed by atoms with Crippen molar-refractivity contribution in [2.24, 2.45) is 5.16 Å². The van der Waals surface area contributed by atoms with Crippen molar-refractivity contribution in [2.75, 3.05) is 0 Å². The van der Waals surface area contributed by atoms with Crippen molar-refractivity contribution in [3.05, 3.63) is 29.8 Å². The lowest BCUT2D eigenvalue weighted by Gasteiger charge is -2.07. The van der Waals surface area contributed by atoms with Crippen LogP contribution in [0.3, 0.4) is 0 Å². The van der Waals surface area contributed by atoms with E-state index in [0.717, 1.165) is 9.94 Å². The van der Waals surface area contributed by atoms with Crippen LogP contribution in [-0.4, -0.2) is 11.1 Å². The summed E-state index contributed by atoms with van der Waals surface area (Å²) in [6.07, 6.45) is 0.179. The van der Waals surface area contributed by atoms with Crippen LogP contribution in [0.4, 0.5) is 0 Å². The van der Waals surface area contributed by atoms with Gasteiger partial charge in [0.15, 0.2) is 0 Å². The fraction of sp³-hybridized carbons (Fsp3) is 0.385. The van der Waals surface area contributed by atoms with Crippen LogP contribution in [0, 0.1) is 11.3 Å². The zero-order valence-electron chi connectivity index (χ0n) is 9.88. The van der Waals surface area contributed by atoms with E-state index in [1.54, 1.807) is 11.8 Å². The molecule has 1 heterocycles. The van der Waals surface area contributed by atoms with Crippen molar-refractivity contribution < 1.29 is 4.84 Å². The molecule has 0 radical (unpaired) electrons. The fourth-order valence-corrected chi connectivity index (χ4v) is 2.49. The molecule has 0 bridgehead atoms. The van der Waals surface area contributed by atoms with Gasteiger partial charge in [-0.2, -0.15) is 5.26 Å². The summed E-state index contributed by atoms with van der Waals surface area (Å²) in [5, 5.41) is 13.5. The Labute approximate surface area is 105 Å². The highest BCUT2D eigenvalue weighted by atomic mass is 32.2. The molecule has 4 heteroatoms. The van der Waals surface area contributed by atoms with Crippen LogP contribution in [-0.2, 0) is 4.84 Å². The summed E-state index contributed by atoms with van der Waals surface area (Å²) < 4.78 is 0. The van der Waals surface area contributed by atoms with Gasteiger partial charge in [-0.05, 0) is 23.6 Å². The second kappa shape index (κ2) is 5.24. The molecule has 0 N–H and O–H groups in total. The topological polar surface area (TPSA) is 45.4 Å². The van der Waals surface area contributed by atoms with Gasteiger partial charge in [-0.3, -0.25) is 0 Å². The van der Waals surface area contributed by atoms with E-state index in [-0.39, 0.29) is 0 Å². The minimum Gasteiger partial charge on any atom is -0.376 e. The van der Waals surface area contributed by atoms with Gasteiger partial charge >= 0.3 is 0 Å². The number of thioether (sulfide) groups is 1.